The van der Waals surface area contributed by atoms with E-state index in [4.69, 9.17) is 15.7 Å². The van der Waals surface area contributed by atoms with Crippen molar-refractivity contribution in [2.24, 2.45) is 16.3 Å². The number of aliphatic imine (C=N–C) groups is 1. The second-order valence-corrected chi connectivity index (χ2v) is 10.5. The zero-order valence-electron chi connectivity index (χ0n) is 21.6. The molecule has 3 aliphatic rings. The van der Waals surface area contributed by atoms with Crippen LogP contribution in [0.2, 0.25) is 0 Å². The Kier molecular flexibility index (Phi) is 8.78. The first-order valence-corrected chi connectivity index (χ1v) is 12.8. The largest absolute Gasteiger partial charge is 0.304 e. The minimum absolute atomic E-state index is 0.331. The van der Waals surface area contributed by atoms with E-state index >= 15 is 0 Å². The monoisotopic (exact) mass is 456 g/mol. The normalized spacial score (nSPS) is 19.5. The molecule has 0 spiro atoms. The fourth-order valence-electron chi connectivity index (χ4n) is 4.51. The smallest absolute Gasteiger partial charge is 0.0930 e. The molecule has 4 nitrogen and oxygen atoms in total. The van der Waals surface area contributed by atoms with E-state index in [0.29, 0.717) is 11.6 Å². The Bertz CT molecular complexity index is 1030. The summed E-state index contributed by atoms with van der Waals surface area (Å²) in [7, 11) is 0. The molecule has 0 saturated heterocycles. The van der Waals surface area contributed by atoms with E-state index in [2.05, 4.69) is 36.2 Å². The third kappa shape index (κ3) is 6.86. The van der Waals surface area contributed by atoms with Crippen molar-refractivity contribution in [3.05, 3.63) is 64.7 Å². The average Bonchev–Trinajstić information content (AvgIpc) is 3.63. The van der Waals surface area contributed by atoms with Crippen LogP contribution in [0.4, 0.5) is 0 Å². The SMILES string of the molecule is C/C=C(\C=C/C(=N)C(C)(C)C#N)C1=C(C)CC(C2CCCCC2)=N1.Cc1ccc(C2CC2)cn1. The van der Waals surface area contributed by atoms with E-state index < -0.39 is 5.41 Å². The van der Waals surface area contributed by atoms with E-state index in [1.807, 2.05) is 26.1 Å². The summed E-state index contributed by atoms with van der Waals surface area (Å²) >= 11 is 0. The molecule has 0 bridgehead atoms. The van der Waals surface area contributed by atoms with Gasteiger partial charge in [0, 0.05) is 24.0 Å². The van der Waals surface area contributed by atoms with Crippen LogP contribution in [0.5, 0.6) is 0 Å². The fourth-order valence-corrected chi connectivity index (χ4v) is 4.51. The standard InChI is InChI=1S/C21H29N3.C9H11N/c1-5-16(11-12-19(23)21(3,4)14-22)20-15(2)13-18(24-20)17-9-7-6-8-10-17;1-7-2-3-9(6-10-7)8-4-5-8/h5,11-12,17,23H,6-10,13H2,1-4H3;2-3,6,8H,4-5H2,1H3/b12-11-,16-5+,23-19?;. The van der Waals surface area contributed by atoms with Crippen molar-refractivity contribution in [1.82, 2.24) is 4.98 Å². The maximum absolute atomic E-state index is 9.15. The van der Waals surface area contributed by atoms with Crippen molar-refractivity contribution < 1.29 is 0 Å². The minimum Gasteiger partial charge on any atom is -0.304 e. The highest BCUT2D eigenvalue weighted by atomic mass is 14.8. The molecule has 1 N–H and O–H groups in total. The molecule has 0 unspecified atom stereocenters. The summed E-state index contributed by atoms with van der Waals surface area (Å²) in [4.78, 5) is 9.21. The number of rotatable bonds is 6. The van der Waals surface area contributed by atoms with Gasteiger partial charge >= 0.3 is 0 Å². The van der Waals surface area contributed by atoms with E-state index in [9.17, 15) is 0 Å². The second-order valence-electron chi connectivity index (χ2n) is 10.5. The molecule has 4 rings (SSSR count). The van der Waals surface area contributed by atoms with Gasteiger partial charge in [-0.1, -0.05) is 37.5 Å². The lowest BCUT2D eigenvalue weighted by Crippen LogP contribution is -2.18. The van der Waals surface area contributed by atoms with E-state index in [1.165, 1.54) is 61.8 Å². The average molecular weight is 457 g/mol. The minimum atomic E-state index is -0.759. The molecule has 2 aliphatic carbocycles. The van der Waals surface area contributed by atoms with Gasteiger partial charge in [-0.3, -0.25) is 9.98 Å². The van der Waals surface area contributed by atoms with Gasteiger partial charge in [-0.05, 0) is 101 Å². The molecule has 2 fully saturated rings. The third-order valence-electron chi connectivity index (χ3n) is 7.13. The lowest BCUT2D eigenvalue weighted by atomic mass is 9.84. The highest BCUT2D eigenvalue weighted by Gasteiger charge is 2.26. The van der Waals surface area contributed by atoms with E-state index in [0.717, 1.165) is 29.3 Å². The molecule has 0 amide bonds. The zero-order chi connectivity index (χ0) is 24.7. The van der Waals surface area contributed by atoms with Gasteiger partial charge in [0.1, 0.15) is 0 Å². The van der Waals surface area contributed by atoms with Crippen LogP contribution in [0, 0.1) is 35.0 Å². The van der Waals surface area contributed by atoms with Crippen molar-refractivity contribution in [2.45, 2.75) is 91.9 Å². The molecule has 4 heteroatoms. The summed E-state index contributed by atoms with van der Waals surface area (Å²) in [5.74, 6) is 1.50. The molecule has 0 aromatic carbocycles. The number of nitrogens with zero attached hydrogens (tertiary/aromatic N) is 3. The number of aryl methyl sites for hydroxylation is 1. The maximum atomic E-state index is 9.15. The molecule has 1 aliphatic heterocycles. The number of allylic oxidation sites excluding steroid dienone is 4. The topological polar surface area (TPSA) is 72.9 Å². The Morgan fingerprint density at radius 1 is 1.06 bits per heavy atom. The first-order valence-electron chi connectivity index (χ1n) is 12.8. The predicted molar refractivity (Wildman–Crippen MR) is 142 cm³/mol. The van der Waals surface area contributed by atoms with Crippen LogP contribution in [-0.4, -0.2) is 16.4 Å². The van der Waals surface area contributed by atoms with Gasteiger partial charge in [-0.15, -0.1) is 0 Å². The maximum Gasteiger partial charge on any atom is 0.0930 e. The number of nitriles is 1. The molecule has 0 atom stereocenters. The molecule has 34 heavy (non-hydrogen) atoms. The van der Waals surface area contributed by atoms with Crippen molar-refractivity contribution in [3.8, 4) is 6.07 Å². The van der Waals surface area contributed by atoms with Crippen LogP contribution >= 0.6 is 0 Å². The highest BCUT2D eigenvalue weighted by Crippen LogP contribution is 2.39. The lowest BCUT2D eigenvalue weighted by molar-refractivity contribution is 0.437. The van der Waals surface area contributed by atoms with Crippen LogP contribution in [0.3, 0.4) is 0 Å². The van der Waals surface area contributed by atoms with Gasteiger partial charge in [0.05, 0.1) is 22.9 Å². The van der Waals surface area contributed by atoms with Gasteiger partial charge in [0.15, 0.2) is 0 Å². The first-order chi connectivity index (χ1) is 16.2. The molecule has 2 saturated carbocycles. The molecule has 0 radical (unpaired) electrons. The quantitative estimate of drug-likeness (QED) is 0.347. The fraction of sp³-hybridized carbons (Fsp3) is 0.533. The Hall–Kier alpha value is -2.80. The summed E-state index contributed by atoms with van der Waals surface area (Å²) in [5.41, 5.74) is 6.90. The molecular formula is C30H40N4. The third-order valence-corrected chi connectivity index (χ3v) is 7.13. The summed E-state index contributed by atoms with van der Waals surface area (Å²) in [6, 6.07) is 6.46. The molecule has 1 aromatic rings. The summed E-state index contributed by atoms with van der Waals surface area (Å²) < 4.78 is 0. The van der Waals surface area contributed by atoms with Crippen LogP contribution in [0.1, 0.15) is 96.2 Å². The van der Waals surface area contributed by atoms with Crippen molar-refractivity contribution in [1.29, 1.82) is 10.7 Å². The Labute approximate surface area is 206 Å². The molecular weight excluding hydrogens is 416 g/mol. The van der Waals surface area contributed by atoms with Gasteiger partial charge in [0.25, 0.3) is 0 Å². The van der Waals surface area contributed by atoms with E-state index in [-0.39, 0.29) is 0 Å². The zero-order valence-corrected chi connectivity index (χ0v) is 21.6. The highest BCUT2D eigenvalue weighted by molar-refractivity contribution is 5.99. The van der Waals surface area contributed by atoms with Crippen LogP contribution in [0.25, 0.3) is 0 Å². The lowest BCUT2D eigenvalue weighted by Gasteiger charge is -2.21. The number of pyridine rings is 1. The number of hydrogen-bond donors (Lipinski definition) is 1. The molecule has 1 aromatic heterocycles. The Morgan fingerprint density at radius 3 is 2.32 bits per heavy atom. The predicted octanol–water partition coefficient (Wildman–Crippen LogP) is 8.02. The van der Waals surface area contributed by atoms with Gasteiger partial charge < -0.3 is 5.41 Å². The van der Waals surface area contributed by atoms with Crippen LogP contribution in [-0.2, 0) is 0 Å². The van der Waals surface area contributed by atoms with E-state index in [1.54, 1.807) is 19.9 Å². The number of nitrogens with one attached hydrogen (secondary N) is 1. The summed E-state index contributed by atoms with van der Waals surface area (Å²) in [6.07, 6.45) is 18.0. The van der Waals surface area contributed by atoms with Crippen molar-refractivity contribution in [2.75, 3.05) is 0 Å². The Morgan fingerprint density at radius 2 is 1.76 bits per heavy atom. The Balaban J connectivity index is 0.000000266. The van der Waals surface area contributed by atoms with Gasteiger partial charge in [-0.25, -0.2) is 0 Å². The first kappa shape index (κ1) is 25.8. The summed E-state index contributed by atoms with van der Waals surface area (Å²) in [5, 5.41) is 17.2. The van der Waals surface area contributed by atoms with Crippen LogP contribution in [0.15, 0.2) is 58.4 Å². The van der Waals surface area contributed by atoms with Crippen LogP contribution < -0.4 is 0 Å². The van der Waals surface area contributed by atoms with Crippen molar-refractivity contribution in [3.63, 3.8) is 0 Å². The van der Waals surface area contributed by atoms with Gasteiger partial charge in [0.2, 0.25) is 0 Å². The second kappa shape index (κ2) is 11.6. The molecule has 180 valence electrons. The van der Waals surface area contributed by atoms with Gasteiger partial charge in [-0.2, -0.15) is 5.26 Å². The summed E-state index contributed by atoms with van der Waals surface area (Å²) in [6.45, 7) is 9.74. The number of aromatic nitrogens is 1. The molecule has 2 heterocycles. The number of hydrogen-bond acceptors (Lipinski definition) is 4. The van der Waals surface area contributed by atoms with Crippen molar-refractivity contribution >= 4 is 11.4 Å².